The Bertz CT molecular complexity index is 1070. The number of nitrogens with zero attached hydrogens (tertiary/aromatic N) is 1. The van der Waals surface area contributed by atoms with Crippen molar-refractivity contribution < 1.29 is 28.6 Å². The fourth-order valence-corrected chi connectivity index (χ4v) is 4.65. The molecule has 204 valence electrons. The van der Waals surface area contributed by atoms with Crippen LogP contribution in [0.25, 0.3) is 0 Å². The number of amides is 3. The number of hydrogen-bond acceptors (Lipinski definition) is 7. The minimum atomic E-state index is -0.975. The van der Waals surface area contributed by atoms with E-state index in [2.05, 4.69) is 10.6 Å². The summed E-state index contributed by atoms with van der Waals surface area (Å²) in [5.74, 6) is -0.701. The van der Waals surface area contributed by atoms with Gasteiger partial charge in [0.25, 0.3) is 5.91 Å². The van der Waals surface area contributed by atoms with Crippen LogP contribution in [0.1, 0.15) is 42.5 Å². The molecule has 2 heterocycles. The van der Waals surface area contributed by atoms with Crippen molar-refractivity contribution in [3.8, 4) is 11.5 Å². The van der Waals surface area contributed by atoms with E-state index in [0.717, 1.165) is 25.7 Å². The highest BCUT2D eigenvalue weighted by atomic mass is 16.7. The smallest absolute Gasteiger partial charge is 0.251 e. The molecule has 2 aliphatic heterocycles. The molecule has 3 amide bonds. The van der Waals surface area contributed by atoms with E-state index in [1.54, 1.807) is 24.3 Å². The lowest BCUT2D eigenvalue weighted by atomic mass is 10.1. The van der Waals surface area contributed by atoms with Crippen LogP contribution >= 0.6 is 0 Å². The molecule has 0 unspecified atom stereocenters. The van der Waals surface area contributed by atoms with Crippen LogP contribution in [0.15, 0.2) is 54.6 Å². The Balaban J connectivity index is 1.30. The first-order chi connectivity index (χ1) is 18.5. The first kappa shape index (κ1) is 27.6. The molecule has 10 heteroatoms. The SMILES string of the molecule is NCCCCCCNC(=O)[C@@H]1CC2(CN1C(=O)CNC(=O)c1ccc(Oc3ccccc3)cc1)OCCO2. The van der Waals surface area contributed by atoms with Crippen LogP contribution in [-0.2, 0) is 19.1 Å². The number of hydrogen-bond donors (Lipinski definition) is 3. The number of likely N-dealkylation sites (tertiary alicyclic amines) is 1. The molecule has 2 aromatic carbocycles. The van der Waals surface area contributed by atoms with Gasteiger partial charge in [-0.2, -0.15) is 0 Å². The normalized spacial score (nSPS) is 17.9. The largest absolute Gasteiger partial charge is 0.457 e. The molecule has 0 radical (unpaired) electrons. The lowest BCUT2D eigenvalue weighted by molar-refractivity contribution is -0.152. The van der Waals surface area contributed by atoms with Crippen LogP contribution < -0.4 is 21.1 Å². The number of carbonyl (C=O) groups excluding carboxylic acids is 3. The van der Waals surface area contributed by atoms with Crippen molar-refractivity contribution in [3.63, 3.8) is 0 Å². The van der Waals surface area contributed by atoms with Gasteiger partial charge in [0.1, 0.15) is 17.5 Å². The number of rotatable bonds is 12. The lowest BCUT2D eigenvalue weighted by Gasteiger charge is -2.24. The van der Waals surface area contributed by atoms with Crippen LogP contribution in [0.3, 0.4) is 0 Å². The third-order valence-corrected chi connectivity index (χ3v) is 6.65. The van der Waals surface area contributed by atoms with Crippen LogP contribution in [-0.4, -0.2) is 73.8 Å². The van der Waals surface area contributed by atoms with Crippen LogP contribution in [0.4, 0.5) is 0 Å². The molecule has 1 atom stereocenters. The third-order valence-electron chi connectivity index (χ3n) is 6.65. The van der Waals surface area contributed by atoms with Gasteiger partial charge in [-0.25, -0.2) is 0 Å². The predicted molar refractivity (Wildman–Crippen MR) is 141 cm³/mol. The van der Waals surface area contributed by atoms with Crippen LogP contribution in [0, 0.1) is 0 Å². The van der Waals surface area contributed by atoms with Crippen molar-refractivity contribution in [1.29, 1.82) is 0 Å². The van der Waals surface area contributed by atoms with E-state index in [9.17, 15) is 14.4 Å². The molecule has 0 aromatic heterocycles. The van der Waals surface area contributed by atoms with Gasteiger partial charge in [-0.1, -0.05) is 31.0 Å². The van der Waals surface area contributed by atoms with E-state index >= 15 is 0 Å². The van der Waals surface area contributed by atoms with E-state index in [1.165, 1.54) is 4.90 Å². The third kappa shape index (κ3) is 7.31. The second-order valence-electron chi connectivity index (χ2n) is 9.47. The van der Waals surface area contributed by atoms with Gasteiger partial charge in [-0.3, -0.25) is 14.4 Å². The minimum Gasteiger partial charge on any atom is -0.457 e. The summed E-state index contributed by atoms with van der Waals surface area (Å²) >= 11 is 0. The molecule has 2 aromatic rings. The molecular formula is C28H36N4O6. The maximum absolute atomic E-state index is 13.1. The summed E-state index contributed by atoms with van der Waals surface area (Å²) < 4.78 is 17.3. The molecule has 0 aliphatic carbocycles. The molecule has 2 aliphatic rings. The molecule has 0 saturated carbocycles. The lowest BCUT2D eigenvalue weighted by Crippen LogP contribution is -2.49. The number of unbranched alkanes of at least 4 members (excludes halogenated alkanes) is 3. The van der Waals surface area contributed by atoms with Crippen molar-refractivity contribution in [2.24, 2.45) is 5.73 Å². The van der Waals surface area contributed by atoms with Gasteiger partial charge in [0.15, 0.2) is 5.79 Å². The minimum absolute atomic E-state index is 0.141. The highest BCUT2D eigenvalue weighted by molar-refractivity contribution is 5.97. The summed E-state index contributed by atoms with van der Waals surface area (Å²) in [6.45, 7) is 1.91. The van der Waals surface area contributed by atoms with E-state index in [0.29, 0.717) is 43.4 Å². The number of nitrogens with one attached hydrogen (secondary N) is 2. The molecule has 4 rings (SSSR count). The predicted octanol–water partition coefficient (Wildman–Crippen LogP) is 2.19. The maximum Gasteiger partial charge on any atom is 0.251 e. The molecule has 4 N–H and O–H groups in total. The topological polar surface area (TPSA) is 132 Å². The zero-order chi connectivity index (χ0) is 26.8. The molecule has 2 saturated heterocycles. The van der Waals surface area contributed by atoms with Crippen molar-refractivity contribution >= 4 is 17.7 Å². The quantitative estimate of drug-likeness (QED) is 0.363. The zero-order valence-electron chi connectivity index (χ0n) is 21.5. The Morgan fingerprint density at radius 2 is 1.61 bits per heavy atom. The van der Waals surface area contributed by atoms with Crippen molar-refractivity contribution in [3.05, 3.63) is 60.2 Å². The van der Waals surface area contributed by atoms with Gasteiger partial charge >= 0.3 is 0 Å². The van der Waals surface area contributed by atoms with Gasteiger partial charge in [0, 0.05) is 18.5 Å². The average Bonchev–Trinajstić information content (AvgIpc) is 3.56. The second kappa shape index (κ2) is 13.4. The number of para-hydroxylation sites is 1. The summed E-state index contributed by atoms with van der Waals surface area (Å²) in [6, 6.07) is 15.3. The second-order valence-corrected chi connectivity index (χ2v) is 9.47. The first-order valence-corrected chi connectivity index (χ1v) is 13.2. The molecule has 1 spiro atoms. The summed E-state index contributed by atoms with van der Waals surface area (Å²) in [6.07, 6.45) is 4.07. The summed E-state index contributed by atoms with van der Waals surface area (Å²) in [7, 11) is 0. The van der Waals surface area contributed by atoms with Gasteiger partial charge in [-0.05, 0) is 55.8 Å². The summed E-state index contributed by atoms with van der Waals surface area (Å²) in [4.78, 5) is 40.2. The fraction of sp³-hybridized carbons (Fsp3) is 0.464. The monoisotopic (exact) mass is 524 g/mol. The Kier molecular flexibility index (Phi) is 9.69. The van der Waals surface area contributed by atoms with Crippen LogP contribution in [0.5, 0.6) is 11.5 Å². The standard InChI is InChI=1S/C28H36N4O6/c29-14-6-1-2-7-15-30-27(35)24-18-28(36-16-17-37-28)20-32(24)25(33)19-31-26(34)21-10-12-23(13-11-21)38-22-8-4-3-5-9-22/h3-5,8-13,24H,1-2,6-7,14-20,29H2,(H,30,35)(H,31,34)/t24-/m0/s1. The Hall–Kier alpha value is -3.47. The summed E-state index contributed by atoms with van der Waals surface area (Å²) in [5, 5.41) is 5.59. The Morgan fingerprint density at radius 1 is 0.921 bits per heavy atom. The van der Waals surface area contributed by atoms with E-state index in [4.69, 9.17) is 19.9 Å². The molecule has 10 nitrogen and oxygen atoms in total. The van der Waals surface area contributed by atoms with E-state index in [1.807, 2.05) is 30.3 Å². The van der Waals surface area contributed by atoms with E-state index in [-0.39, 0.29) is 31.3 Å². The zero-order valence-corrected chi connectivity index (χ0v) is 21.5. The van der Waals surface area contributed by atoms with Gasteiger partial charge < -0.3 is 35.5 Å². The molecule has 38 heavy (non-hydrogen) atoms. The van der Waals surface area contributed by atoms with Crippen molar-refractivity contribution in [2.75, 3.05) is 39.4 Å². The van der Waals surface area contributed by atoms with Crippen molar-refractivity contribution in [1.82, 2.24) is 15.5 Å². The number of nitrogens with two attached hydrogens (primary N) is 1. The van der Waals surface area contributed by atoms with E-state index < -0.39 is 17.7 Å². The van der Waals surface area contributed by atoms with Crippen molar-refractivity contribution in [2.45, 2.75) is 43.9 Å². The first-order valence-electron chi connectivity index (χ1n) is 13.2. The fourth-order valence-electron chi connectivity index (χ4n) is 4.65. The Morgan fingerprint density at radius 3 is 2.32 bits per heavy atom. The highest BCUT2D eigenvalue weighted by Crippen LogP contribution is 2.35. The van der Waals surface area contributed by atoms with Gasteiger partial charge in [-0.15, -0.1) is 0 Å². The van der Waals surface area contributed by atoms with Gasteiger partial charge in [0.05, 0.1) is 26.3 Å². The summed E-state index contributed by atoms with van der Waals surface area (Å²) in [5.41, 5.74) is 5.91. The maximum atomic E-state index is 13.1. The molecular weight excluding hydrogens is 488 g/mol. The number of benzene rings is 2. The average molecular weight is 525 g/mol. The number of carbonyl (C=O) groups is 3. The van der Waals surface area contributed by atoms with Gasteiger partial charge in [0.2, 0.25) is 11.8 Å². The molecule has 2 fully saturated rings. The number of ether oxygens (including phenoxy) is 3. The van der Waals surface area contributed by atoms with Crippen LogP contribution in [0.2, 0.25) is 0 Å². The highest BCUT2D eigenvalue weighted by Gasteiger charge is 2.52. The molecule has 0 bridgehead atoms. The Labute approximate surface area is 222 Å².